The van der Waals surface area contributed by atoms with E-state index in [-0.39, 0.29) is 6.61 Å². The van der Waals surface area contributed by atoms with Gasteiger partial charge in [-0.3, -0.25) is 0 Å². The summed E-state index contributed by atoms with van der Waals surface area (Å²) in [6.45, 7) is 6.34. The zero-order chi connectivity index (χ0) is 13.4. The lowest BCUT2D eigenvalue weighted by atomic mass is 10.2. The van der Waals surface area contributed by atoms with Crippen molar-refractivity contribution >= 4 is 23.4 Å². The number of halogens is 1. The molecule has 1 unspecified atom stereocenters. The van der Waals surface area contributed by atoms with E-state index >= 15 is 0 Å². The minimum atomic E-state index is 0.237. The van der Waals surface area contributed by atoms with Gasteiger partial charge in [0.1, 0.15) is 0 Å². The number of thioether (sulfide) groups is 1. The number of nitrogens with one attached hydrogen (secondary N) is 1. The molecule has 102 valence electrons. The second kappa shape index (κ2) is 8.81. The van der Waals surface area contributed by atoms with Crippen LogP contribution in [0, 0.1) is 0 Å². The Morgan fingerprint density at radius 2 is 2.22 bits per heavy atom. The summed E-state index contributed by atoms with van der Waals surface area (Å²) in [6.07, 6.45) is 1.94. The molecule has 1 aromatic rings. The normalized spacial score (nSPS) is 12.7. The largest absolute Gasteiger partial charge is 0.396 e. The molecular weight excluding hydrogens is 266 g/mol. The summed E-state index contributed by atoms with van der Waals surface area (Å²) >= 11 is 8.02. The average molecular weight is 288 g/mol. The summed E-state index contributed by atoms with van der Waals surface area (Å²) in [5.74, 6) is 0. The predicted molar refractivity (Wildman–Crippen MR) is 80.5 cm³/mol. The monoisotopic (exact) mass is 287 g/mol. The quantitative estimate of drug-likeness (QED) is 0.565. The number of benzene rings is 1. The van der Waals surface area contributed by atoms with Gasteiger partial charge in [-0.1, -0.05) is 31.5 Å². The van der Waals surface area contributed by atoms with Gasteiger partial charge in [-0.2, -0.15) is 0 Å². The zero-order valence-corrected chi connectivity index (χ0v) is 12.7. The van der Waals surface area contributed by atoms with Crippen molar-refractivity contribution < 1.29 is 5.11 Å². The van der Waals surface area contributed by atoms with E-state index in [4.69, 9.17) is 16.7 Å². The molecule has 18 heavy (non-hydrogen) atoms. The van der Waals surface area contributed by atoms with Gasteiger partial charge in [0.05, 0.1) is 0 Å². The van der Waals surface area contributed by atoms with Gasteiger partial charge in [0, 0.05) is 28.3 Å². The van der Waals surface area contributed by atoms with E-state index in [1.54, 1.807) is 11.8 Å². The Labute approximate surface area is 119 Å². The molecule has 4 heteroatoms. The molecular formula is C14H22ClNOS. The van der Waals surface area contributed by atoms with Gasteiger partial charge in [-0.25, -0.2) is 0 Å². The molecule has 1 atom stereocenters. The molecule has 0 radical (unpaired) electrons. The fourth-order valence-electron chi connectivity index (χ4n) is 1.62. The van der Waals surface area contributed by atoms with Crippen molar-refractivity contribution in [3.63, 3.8) is 0 Å². The number of aliphatic hydroxyl groups excluding tert-OH is 1. The summed E-state index contributed by atoms with van der Waals surface area (Å²) in [7, 11) is 0. The maximum absolute atomic E-state index is 8.89. The molecule has 1 aromatic carbocycles. The highest BCUT2D eigenvalue weighted by molar-refractivity contribution is 7.99. The summed E-state index contributed by atoms with van der Waals surface area (Å²) in [5, 5.41) is 13.5. The van der Waals surface area contributed by atoms with Gasteiger partial charge < -0.3 is 10.4 Å². The lowest BCUT2D eigenvalue weighted by Crippen LogP contribution is -2.14. The smallest absolute Gasteiger partial charge is 0.0462 e. The van der Waals surface area contributed by atoms with Crippen LogP contribution in [0.3, 0.4) is 0 Å². The number of aliphatic hydroxyl groups is 1. The molecule has 2 N–H and O–H groups in total. The number of hydrogen-bond donors (Lipinski definition) is 2. The van der Waals surface area contributed by atoms with Crippen molar-refractivity contribution in [3.8, 4) is 0 Å². The number of rotatable bonds is 8. The first kappa shape index (κ1) is 15.8. The maximum atomic E-state index is 8.89. The lowest BCUT2D eigenvalue weighted by Gasteiger charge is -2.11. The molecule has 0 aliphatic carbocycles. The Morgan fingerprint density at radius 1 is 1.44 bits per heavy atom. The third kappa shape index (κ3) is 5.61. The Morgan fingerprint density at radius 3 is 2.83 bits per heavy atom. The van der Waals surface area contributed by atoms with Crippen LogP contribution < -0.4 is 5.32 Å². The molecule has 0 spiro atoms. The molecule has 0 fully saturated rings. The van der Waals surface area contributed by atoms with Crippen LogP contribution in [-0.4, -0.2) is 23.5 Å². The Bertz CT molecular complexity index is 360. The van der Waals surface area contributed by atoms with E-state index in [0.29, 0.717) is 5.25 Å². The first-order chi connectivity index (χ1) is 8.67. The molecule has 0 bridgehead atoms. The van der Waals surface area contributed by atoms with Crippen molar-refractivity contribution in [2.75, 3.05) is 13.2 Å². The fraction of sp³-hybridized carbons (Fsp3) is 0.571. The molecule has 0 aromatic heterocycles. The van der Waals surface area contributed by atoms with Crippen LogP contribution in [0.1, 0.15) is 32.3 Å². The van der Waals surface area contributed by atoms with Gasteiger partial charge >= 0.3 is 0 Å². The van der Waals surface area contributed by atoms with E-state index in [2.05, 4.69) is 31.3 Å². The summed E-state index contributed by atoms with van der Waals surface area (Å²) in [4.78, 5) is 1.17. The van der Waals surface area contributed by atoms with Crippen molar-refractivity contribution in [1.82, 2.24) is 5.32 Å². The van der Waals surface area contributed by atoms with Crippen LogP contribution in [0.4, 0.5) is 0 Å². The van der Waals surface area contributed by atoms with Gasteiger partial charge in [0.2, 0.25) is 0 Å². The second-order valence-corrected chi connectivity index (χ2v) is 6.29. The maximum Gasteiger partial charge on any atom is 0.0462 e. The summed E-state index contributed by atoms with van der Waals surface area (Å²) in [5.41, 5.74) is 1.14. The van der Waals surface area contributed by atoms with Crippen LogP contribution in [0.15, 0.2) is 23.1 Å². The molecule has 2 nitrogen and oxygen atoms in total. The third-order valence-corrected chi connectivity index (χ3v) is 4.16. The number of hydrogen-bond acceptors (Lipinski definition) is 3. The van der Waals surface area contributed by atoms with Crippen molar-refractivity contribution in [1.29, 1.82) is 0 Å². The molecule has 0 saturated carbocycles. The third-order valence-electron chi connectivity index (χ3n) is 2.64. The van der Waals surface area contributed by atoms with Gasteiger partial charge in [-0.15, -0.1) is 11.8 Å². The Hall–Kier alpha value is -0.220. The molecule has 0 heterocycles. The van der Waals surface area contributed by atoms with Crippen LogP contribution in [0.25, 0.3) is 0 Å². The van der Waals surface area contributed by atoms with Crippen LogP contribution in [0.2, 0.25) is 5.02 Å². The van der Waals surface area contributed by atoms with Crippen LogP contribution in [0.5, 0.6) is 0 Å². The van der Waals surface area contributed by atoms with E-state index in [0.717, 1.165) is 36.5 Å². The van der Waals surface area contributed by atoms with Crippen LogP contribution in [-0.2, 0) is 6.54 Å². The fourth-order valence-corrected chi connectivity index (χ4v) is 2.95. The second-order valence-electron chi connectivity index (χ2n) is 4.37. The van der Waals surface area contributed by atoms with E-state index in [9.17, 15) is 0 Å². The molecule has 0 amide bonds. The first-order valence-electron chi connectivity index (χ1n) is 6.44. The van der Waals surface area contributed by atoms with Gasteiger partial charge in [0.15, 0.2) is 0 Å². The van der Waals surface area contributed by atoms with Crippen molar-refractivity contribution in [3.05, 3.63) is 28.8 Å². The molecule has 0 saturated heterocycles. The van der Waals surface area contributed by atoms with E-state index < -0.39 is 0 Å². The SMILES string of the molecule is CCCNCc1ccc(SC(C)CCO)cc1Cl. The van der Waals surface area contributed by atoms with Gasteiger partial charge in [-0.05, 0) is 37.1 Å². The van der Waals surface area contributed by atoms with Crippen LogP contribution >= 0.6 is 23.4 Å². The highest BCUT2D eigenvalue weighted by Crippen LogP contribution is 2.29. The lowest BCUT2D eigenvalue weighted by molar-refractivity contribution is 0.289. The highest BCUT2D eigenvalue weighted by atomic mass is 35.5. The predicted octanol–water partition coefficient (Wildman–Crippen LogP) is 3.70. The highest BCUT2D eigenvalue weighted by Gasteiger charge is 2.06. The molecule has 0 aliphatic heterocycles. The summed E-state index contributed by atoms with van der Waals surface area (Å²) in [6, 6.07) is 6.20. The zero-order valence-electron chi connectivity index (χ0n) is 11.1. The minimum absolute atomic E-state index is 0.237. The Kier molecular flexibility index (Phi) is 7.75. The van der Waals surface area contributed by atoms with E-state index in [1.807, 2.05) is 6.07 Å². The average Bonchev–Trinajstić information content (AvgIpc) is 2.32. The Balaban J connectivity index is 2.55. The summed E-state index contributed by atoms with van der Waals surface area (Å²) < 4.78 is 0. The molecule has 0 aliphatic rings. The standard InChI is InChI=1S/C14H22ClNOS/c1-3-7-16-10-12-4-5-13(9-14(12)15)18-11(2)6-8-17/h4-5,9,11,16-17H,3,6-8,10H2,1-2H3. The molecule has 1 rings (SSSR count). The first-order valence-corrected chi connectivity index (χ1v) is 7.69. The van der Waals surface area contributed by atoms with Gasteiger partial charge in [0.25, 0.3) is 0 Å². The van der Waals surface area contributed by atoms with E-state index in [1.165, 1.54) is 4.90 Å². The topological polar surface area (TPSA) is 32.3 Å². The minimum Gasteiger partial charge on any atom is -0.396 e. The van der Waals surface area contributed by atoms with Crippen molar-refractivity contribution in [2.45, 2.75) is 43.4 Å². The van der Waals surface area contributed by atoms with Crippen molar-refractivity contribution in [2.24, 2.45) is 0 Å².